The zero-order valence-corrected chi connectivity index (χ0v) is 14.5. The van der Waals surface area contributed by atoms with Gasteiger partial charge in [-0.2, -0.15) is 0 Å². The molecule has 0 N–H and O–H groups in total. The molecule has 1 nitrogen and oxygen atoms in total. The molecule has 0 saturated heterocycles. The summed E-state index contributed by atoms with van der Waals surface area (Å²) in [5, 5.41) is 0. The molecule has 1 unspecified atom stereocenters. The molecule has 0 rings (SSSR count). The minimum atomic E-state index is -1.20. The first-order valence-electron chi connectivity index (χ1n) is 8.76. The Balaban J connectivity index is 2.93. The van der Waals surface area contributed by atoms with E-state index in [0.717, 1.165) is 6.16 Å². The summed E-state index contributed by atoms with van der Waals surface area (Å²) in [5.74, 6) is 0. The van der Waals surface area contributed by atoms with Gasteiger partial charge in [0.2, 0.25) is 0 Å². The van der Waals surface area contributed by atoms with Crippen molar-refractivity contribution in [3.63, 3.8) is 0 Å². The maximum absolute atomic E-state index is 10.9. The SMILES string of the molecule is CCCCCCCCCCCCCCCC[PH](C)=O. The Labute approximate surface area is 122 Å². The highest BCUT2D eigenvalue weighted by Crippen LogP contribution is 2.18. The third-order valence-corrected chi connectivity index (χ3v) is 4.94. The Bertz CT molecular complexity index is 192. The van der Waals surface area contributed by atoms with Crippen molar-refractivity contribution < 1.29 is 4.57 Å². The van der Waals surface area contributed by atoms with Gasteiger partial charge in [-0.1, -0.05) is 90.4 Å². The van der Waals surface area contributed by atoms with Crippen LogP contribution < -0.4 is 0 Å². The lowest BCUT2D eigenvalue weighted by atomic mass is 10.0. The second kappa shape index (κ2) is 16.3. The molecule has 116 valence electrons. The van der Waals surface area contributed by atoms with E-state index in [1.165, 1.54) is 89.9 Å². The molecule has 19 heavy (non-hydrogen) atoms. The number of hydrogen-bond acceptors (Lipinski definition) is 1. The molecule has 0 heterocycles. The van der Waals surface area contributed by atoms with Crippen molar-refractivity contribution in [1.29, 1.82) is 0 Å². The maximum atomic E-state index is 10.9. The van der Waals surface area contributed by atoms with Crippen LogP contribution in [0.4, 0.5) is 0 Å². The quantitative estimate of drug-likeness (QED) is 0.243. The average molecular weight is 288 g/mol. The van der Waals surface area contributed by atoms with Crippen LogP contribution >= 0.6 is 7.80 Å². The Morgan fingerprint density at radius 3 is 1.21 bits per heavy atom. The fourth-order valence-corrected chi connectivity index (χ4v) is 3.32. The summed E-state index contributed by atoms with van der Waals surface area (Å²) in [6.45, 7) is 4.16. The smallest absolute Gasteiger partial charge is 0.0732 e. The normalized spacial score (nSPS) is 12.7. The van der Waals surface area contributed by atoms with Gasteiger partial charge in [0.25, 0.3) is 0 Å². The molecule has 0 aliphatic carbocycles. The maximum Gasteiger partial charge on any atom is 0.0732 e. The van der Waals surface area contributed by atoms with E-state index in [1.807, 2.05) is 6.66 Å². The molecule has 2 heteroatoms. The molecule has 0 aliphatic rings. The van der Waals surface area contributed by atoms with Gasteiger partial charge in [-0.05, 0) is 19.2 Å². The molecular weight excluding hydrogens is 251 g/mol. The first-order chi connectivity index (χ1) is 9.27. The summed E-state index contributed by atoms with van der Waals surface area (Å²) in [6, 6.07) is 0. The number of rotatable bonds is 15. The Kier molecular flexibility index (Phi) is 16.5. The number of unbranched alkanes of at least 4 members (excludes halogenated alkanes) is 13. The fourth-order valence-electron chi connectivity index (χ4n) is 2.57. The van der Waals surface area contributed by atoms with Crippen LogP contribution in [-0.2, 0) is 4.57 Å². The van der Waals surface area contributed by atoms with Crippen LogP contribution in [0.3, 0.4) is 0 Å². The Hall–Kier alpha value is 0.230. The van der Waals surface area contributed by atoms with E-state index in [0.29, 0.717) is 0 Å². The molecular formula is C17H37OP. The predicted octanol–water partition coefficient (Wildman–Crippen LogP) is 6.66. The first-order valence-corrected chi connectivity index (χ1v) is 10.9. The van der Waals surface area contributed by atoms with E-state index in [2.05, 4.69) is 6.92 Å². The summed E-state index contributed by atoms with van der Waals surface area (Å²) >= 11 is 0. The van der Waals surface area contributed by atoms with E-state index < -0.39 is 7.80 Å². The van der Waals surface area contributed by atoms with Crippen molar-refractivity contribution in [3.8, 4) is 0 Å². The van der Waals surface area contributed by atoms with Crippen molar-refractivity contribution >= 4 is 7.80 Å². The number of hydrogen-bond donors (Lipinski definition) is 0. The monoisotopic (exact) mass is 288 g/mol. The van der Waals surface area contributed by atoms with E-state index in [9.17, 15) is 4.57 Å². The molecule has 0 spiro atoms. The van der Waals surface area contributed by atoms with Crippen LogP contribution in [0.2, 0.25) is 0 Å². The summed E-state index contributed by atoms with van der Waals surface area (Å²) in [7, 11) is -1.20. The van der Waals surface area contributed by atoms with Gasteiger partial charge in [0.15, 0.2) is 0 Å². The lowest BCUT2D eigenvalue weighted by Crippen LogP contribution is -1.84. The largest absolute Gasteiger partial charge is 0.327 e. The van der Waals surface area contributed by atoms with Gasteiger partial charge in [-0.3, -0.25) is 0 Å². The molecule has 0 aromatic rings. The Morgan fingerprint density at radius 1 is 0.579 bits per heavy atom. The van der Waals surface area contributed by atoms with Crippen LogP contribution in [0, 0.1) is 0 Å². The summed E-state index contributed by atoms with van der Waals surface area (Å²) in [5.41, 5.74) is 0. The van der Waals surface area contributed by atoms with Crippen molar-refractivity contribution in [1.82, 2.24) is 0 Å². The third-order valence-electron chi connectivity index (χ3n) is 3.88. The van der Waals surface area contributed by atoms with Gasteiger partial charge in [0.05, 0.1) is 7.80 Å². The minimum absolute atomic E-state index is 0.975. The van der Waals surface area contributed by atoms with Crippen molar-refractivity contribution in [2.75, 3.05) is 12.8 Å². The zero-order chi connectivity index (χ0) is 14.2. The molecule has 0 aliphatic heterocycles. The van der Waals surface area contributed by atoms with Crippen molar-refractivity contribution in [3.05, 3.63) is 0 Å². The van der Waals surface area contributed by atoms with Gasteiger partial charge in [-0.25, -0.2) is 0 Å². The topological polar surface area (TPSA) is 17.1 Å². The van der Waals surface area contributed by atoms with Crippen LogP contribution in [-0.4, -0.2) is 12.8 Å². The standard InChI is InChI=1S/C17H37OP/c1-3-4-5-6-7-8-9-10-11-12-13-14-15-16-17-19(2)18/h19H,3-17H2,1-2H3. The van der Waals surface area contributed by atoms with Crippen molar-refractivity contribution in [2.45, 2.75) is 96.8 Å². The second-order valence-corrected chi connectivity index (χ2v) is 7.95. The van der Waals surface area contributed by atoms with E-state index in [4.69, 9.17) is 0 Å². The van der Waals surface area contributed by atoms with E-state index >= 15 is 0 Å². The lowest BCUT2D eigenvalue weighted by molar-refractivity contribution is 0.537. The third kappa shape index (κ3) is 18.2. The highest BCUT2D eigenvalue weighted by Gasteiger charge is 1.95. The molecule has 0 saturated carbocycles. The van der Waals surface area contributed by atoms with Crippen LogP contribution in [0.15, 0.2) is 0 Å². The highest BCUT2D eigenvalue weighted by atomic mass is 31.1. The van der Waals surface area contributed by atoms with E-state index in [1.54, 1.807) is 0 Å². The molecule has 1 atom stereocenters. The van der Waals surface area contributed by atoms with Crippen LogP contribution in [0.25, 0.3) is 0 Å². The van der Waals surface area contributed by atoms with Crippen LogP contribution in [0.1, 0.15) is 96.8 Å². The first kappa shape index (κ1) is 19.2. The summed E-state index contributed by atoms with van der Waals surface area (Å²) in [6.07, 6.45) is 20.5. The van der Waals surface area contributed by atoms with Gasteiger partial charge >= 0.3 is 0 Å². The van der Waals surface area contributed by atoms with Gasteiger partial charge in [0.1, 0.15) is 0 Å². The van der Waals surface area contributed by atoms with Gasteiger partial charge < -0.3 is 4.57 Å². The van der Waals surface area contributed by atoms with Crippen molar-refractivity contribution in [2.24, 2.45) is 0 Å². The Morgan fingerprint density at radius 2 is 0.895 bits per heavy atom. The molecule has 0 bridgehead atoms. The molecule has 0 fully saturated rings. The molecule has 0 amide bonds. The lowest BCUT2D eigenvalue weighted by Gasteiger charge is -2.03. The van der Waals surface area contributed by atoms with Gasteiger partial charge in [0, 0.05) is 0 Å². The molecule has 0 aromatic carbocycles. The molecule has 0 radical (unpaired) electrons. The molecule has 0 aromatic heterocycles. The second-order valence-electron chi connectivity index (χ2n) is 6.05. The average Bonchev–Trinajstić information content (AvgIpc) is 2.39. The summed E-state index contributed by atoms with van der Waals surface area (Å²) < 4.78 is 10.9. The predicted molar refractivity (Wildman–Crippen MR) is 90.1 cm³/mol. The highest BCUT2D eigenvalue weighted by molar-refractivity contribution is 7.43. The summed E-state index contributed by atoms with van der Waals surface area (Å²) in [4.78, 5) is 0. The fraction of sp³-hybridized carbons (Fsp3) is 1.00. The minimum Gasteiger partial charge on any atom is -0.327 e. The van der Waals surface area contributed by atoms with Crippen LogP contribution in [0.5, 0.6) is 0 Å². The zero-order valence-electron chi connectivity index (χ0n) is 13.5. The van der Waals surface area contributed by atoms with Gasteiger partial charge in [-0.15, -0.1) is 0 Å². The van der Waals surface area contributed by atoms with E-state index in [-0.39, 0.29) is 0 Å².